The van der Waals surface area contributed by atoms with Crippen molar-refractivity contribution in [2.75, 3.05) is 11.9 Å². The number of aliphatic carboxylic acids is 2. The Balaban J connectivity index is 0.00000578. The van der Waals surface area contributed by atoms with Crippen LogP contribution in [0.1, 0.15) is 28.8 Å². The second-order valence-electron chi connectivity index (χ2n) is 6.56. The van der Waals surface area contributed by atoms with Gasteiger partial charge in [0.2, 0.25) is 5.91 Å². The van der Waals surface area contributed by atoms with E-state index in [1.807, 2.05) is 12.1 Å². The SMILES string of the molecule is Cc1c(C#N)sc(/N=N/c2ccc(NC(=O)CCC(N)C(=O)O)cc2OCC(=O)O)c1C#N.N.N. The maximum absolute atomic E-state index is 12.1. The van der Waals surface area contributed by atoms with Crippen LogP contribution in [0.3, 0.4) is 0 Å². The molecule has 0 saturated heterocycles. The zero-order valence-electron chi connectivity index (χ0n) is 18.6. The Kier molecular flexibility index (Phi) is 12.2. The van der Waals surface area contributed by atoms with Gasteiger partial charge in [-0.15, -0.1) is 21.6 Å². The predicted octanol–water partition coefficient (Wildman–Crippen LogP) is 3.13. The number of thiophene rings is 1. The van der Waals surface area contributed by atoms with Crippen molar-refractivity contribution in [2.45, 2.75) is 25.8 Å². The lowest BCUT2D eigenvalue weighted by Crippen LogP contribution is -2.31. The largest absolute Gasteiger partial charge is 0.480 e. The number of anilines is 1. The van der Waals surface area contributed by atoms with E-state index in [1.165, 1.54) is 18.2 Å². The van der Waals surface area contributed by atoms with E-state index in [-0.39, 0.29) is 52.8 Å². The number of nitrogens with zero attached hydrogens (tertiary/aromatic N) is 4. The van der Waals surface area contributed by atoms with Gasteiger partial charge in [-0.1, -0.05) is 0 Å². The van der Waals surface area contributed by atoms with Crippen LogP contribution in [0.25, 0.3) is 0 Å². The first-order valence-electron chi connectivity index (χ1n) is 9.28. The van der Waals surface area contributed by atoms with Gasteiger partial charge < -0.3 is 38.3 Å². The number of nitrogens with two attached hydrogens (primary N) is 1. The highest BCUT2D eigenvalue weighted by molar-refractivity contribution is 7.16. The number of hydrogen-bond donors (Lipinski definition) is 6. The molecule has 0 aliphatic rings. The lowest BCUT2D eigenvalue weighted by Gasteiger charge is -2.11. The molecule has 14 nitrogen and oxygen atoms in total. The van der Waals surface area contributed by atoms with E-state index in [4.69, 9.17) is 25.9 Å². The minimum absolute atomic E-state index is 0. The van der Waals surface area contributed by atoms with E-state index < -0.39 is 30.5 Å². The van der Waals surface area contributed by atoms with Gasteiger partial charge in [-0.2, -0.15) is 10.5 Å². The highest BCUT2D eigenvalue weighted by Gasteiger charge is 2.16. The Morgan fingerprint density at radius 2 is 1.89 bits per heavy atom. The van der Waals surface area contributed by atoms with Gasteiger partial charge in [0.05, 0.1) is 5.56 Å². The van der Waals surface area contributed by atoms with E-state index in [0.29, 0.717) is 10.4 Å². The number of rotatable bonds is 10. The molecule has 11 N–H and O–H groups in total. The van der Waals surface area contributed by atoms with Crippen LogP contribution in [0, 0.1) is 29.6 Å². The second kappa shape index (κ2) is 14.0. The van der Waals surface area contributed by atoms with Gasteiger partial charge in [0.25, 0.3) is 0 Å². The Morgan fingerprint density at radius 3 is 2.46 bits per heavy atom. The summed E-state index contributed by atoms with van der Waals surface area (Å²) in [5, 5.41) is 46.9. The number of ether oxygens (including phenoxy) is 1. The van der Waals surface area contributed by atoms with Crippen LogP contribution < -0.4 is 28.1 Å². The van der Waals surface area contributed by atoms with E-state index in [0.717, 1.165) is 11.3 Å². The van der Waals surface area contributed by atoms with Crippen LogP contribution in [0.5, 0.6) is 5.75 Å². The predicted molar refractivity (Wildman–Crippen MR) is 126 cm³/mol. The third-order valence-electron chi connectivity index (χ3n) is 4.18. The molecule has 186 valence electrons. The van der Waals surface area contributed by atoms with Gasteiger partial charge in [-0.3, -0.25) is 9.59 Å². The average Bonchev–Trinajstić information content (AvgIpc) is 3.09. The third-order valence-corrected chi connectivity index (χ3v) is 5.27. The van der Waals surface area contributed by atoms with E-state index in [2.05, 4.69) is 15.5 Å². The number of carbonyl (C=O) groups is 3. The van der Waals surface area contributed by atoms with Crippen molar-refractivity contribution >= 4 is 45.6 Å². The number of nitriles is 2. The molecule has 0 radical (unpaired) electrons. The molecule has 0 aliphatic carbocycles. The van der Waals surface area contributed by atoms with Gasteiger partial charge in [0.1, 0.15) is 34.5 Å². The molecule has 1 aromatic carbocycles. The van der Waals surface area contributed by atoms with Gasteiger partial charge >= 0.3 is 11.9 Å². The number of azo groups is 1. The summed E-state index contributed by atoms with van der Waals surface area (Å²) >= 11 is 0.987. The van der Waals surface area contributed by atoms with Crippen molar-refractivity contribution in [1.82, 2.24) is 12.3 Å². The molecule has 2 aromatic rings. The summed E-state index contributed by atoms with van der Waals surface area (Å²) in [7, 11) is 0. The number of hydrogen-bond acceptors (Lipinski definition) is 12. The monoisotopic (exact) mass is 504 g/mol. The van der Waals surface area contributed by atoms with Crippen LogP contribution in [-0.2, 0) is 14.4 Å². The maximum atomic E-state index is 12.1. The van der Waals surface area contributed by atoms with Crippen molar-refractivity contribution in [1.29, 1.82) is 10.5 Å². The van der Waals surface area contributed by atoms with E-state index in [9.17, 15) is 19.6 Å². The quantitative estimate of drug-likeness (QED) is 0.255. The van der Waals surface area contributed by atoms with Crippen molar-refractivity contribution in [2.24, 2.45) is 16.0 Å². The highest BCUT2D eigenvalue weighted by atomic mass is 32.1. The first-order chi connectivity index (χ1) is 15.7. The van der Waals surface area contributed by atoms with E-state index >= 15 is 0 Å². The van der Waals surface area contributed by atoms with Gasteiger partial charge in [-0.25, -0.2) is 4.79 Å². The van der Waals surface area contributed by atoms with Crippen LogP contribution >= 0.6 is 11.3 Å². The summed E-state index contributed by atoms with van der Waals surface area (Å²) in [5.74, 6) is -2.96. The zero-order valence-corrected chi connectivity index (χ0v) is 19.5. The molecule has 1 atom stereocenters. The molecular weight excluding hydrogens is 480 g/mol. The standard InChI is InChI=1S/C20H18N6O6S.2H3N/c1-10-12(7-21)19(33-16(10)8-22)26-25-14-4-2-11(6-15(14)32-9-18(28)29)24-17(27)5-3-13(23)20(30)31;;/h2,4,6,13H,3,5,9,23H2,1H3,(H,24,27)(H,28,29)(H,30,31);2*1H3/b26-25+;;. The lowest BCUT2D eigenvalue weighted by molar-refractivity contribution is -0.140. The van der Waals surface area contributed by atoms with Crippen LogP contribution in [0.2, 0.25) is 0 Å². The Bertz CT molecular complexity index is 1200. The first kappa shape index (κ1) is 30.6. The molecule has 1 heterocycles. The maximum Gasteiger partial charge on any atom is 0.341 e. The summed E-state index contributed by atoms with van der Waals surface area (Å²) in [6.45, 7) is 0.933. The summed E-state index contributed by atoms with van der Waals surface area (Å²) in [6.07, 6.45) is -0.210. The number of carbonyl (C=O) groups excluding carboxylic acids is 1. The molecule has 0 spiro atoms. The fourth-order valence-corrected chi connectivity index (χ4v) is 3.35. The Morgan fingerprint density at radius 1 is 1.20 bits per heavy atom. The third kappa shape index (κ3) is 8.46. The van der Waals surface area contributed by atoms with Gasteiger partial charge in [-0.05, 0) is 31.0 Å². The van der Waals surface area contributed by atoms with Crippen molar-refractivity contribution in [3.8, 4) is 17.9 Å². The molecule has 1 unspecified atom stereocenters. The van der Waals surface area contributed by atoms with Crippen molar-refractivity contribution in [3.63, 3.8) is 0 Å². The molecule has 0 fully saturated rings. The summed E-state index contributed by atoms with van der Waals surface area (Å²) < 4.78 is 5.23. The van der Waals surface area contributed by atoms with Crippen LogP contribution in [0.15, 0.2) is 28.4 Å². The fourth-order valence-electron chi connectivity index (χ4n) is 2.47. The van der Waals surface area contributed by atoms with Gasteiger partial charge in [0, 0.05) is 18.2 Å². The number of amides is 1. The first-order valence-corrected chi connectivity index (χ1v) is 10.1. The van der Waals surface area contributed by atoms with Crippen molar-refractivity contribution < 1.29 is 29.3 Å². The highest BCUT2D eigenvalue weighted by Crippen LogP contribution is 2.37. The summed E-state index contributed by atoms with van der Waals surface area (Å²) in [5.41, 5.74) is 6.44. The van der Waals surface area contributed by atoms with Crippen molar-refractivity contribution in [3.05, 3.63) is 34.2 Å². The topological polar surface area (TPSA) is 281 Å². The Labute approximate surface area is 203 Å². The van der Waals surface area contributed by atoms with Gasteiger partial charge in [0.15, 0.2) is 11.6 Å². The smallest absolute Gasteiger partial charge is 0.341 e. The molecule has 15 heteroatoms. The Hall–Kier alpha value is -4.41. The molecule has 2 rings (SSSR count). The molecule has 1 amide bonds. The normalized spacial score (nSPS) is 10.7. The number of carboxylic acids is 2. The average molecular weight is 505 g/mol. The fraction of sp³-hybridized carbons (Fsp3) is 0.250. The lowest BCUT2D eigenvalue weighted by atomic mass is 10.1. The van der Waals surface area contributed by atoms with Crippen LogP contribution in [-0.4, -0.2) is 40.7 Å². The molecule has 35 heavy (non-hydrogen) atoms. The van der Waals surface area contributed by atoms with Crippen LogP contribution in [0.4, 0.5) is 16.4 Å². The second-order valence-corrected chi connectivity index (χ2v) is 7.56. The van der Waals surface area contributed by atoms with E-state index in [1.54, 1.807) is 6.92 Å². The number of benzene rings is 1. The summed E-state index contributed by atoms with van der Waals surface area (Å²) in [4.78, 5) is 34.0. The molecule has 0 aliphatic heterocycles. The molecule has 1 aromatic heterocycles. The summed E-state index contributed by atoms with van der Waals surface area (Å²) in [6, 6.07) is 6.98. The number of carboxylic acid groups (broad SMARTS) is 2. The zero-order chi connectivity index (χ0) is 24.5. The minimum atomic E-state index is -1.24. The number of nitrogens with one attached hydrogen (secondary N) is 1. The molecule has 0 bridgehead atoms. The molecule has 0 saturated carbocycles. The molecular formula is C20H24N8O6S. The minimum Gasteiger partial charge on any atom is -0.480 e.